The second-order valence-electron chi connectivity index (χ2n) is 4.39. The van der Waals surface area contributed by atoms with Crippen LogP contribution in [-0.2, 0) is 0 Å². The number of rotatable bonds is 3. The van der Waals surface area contributed by atoms with E-state index in [9.17, 15) is 10.0 Å². The average Bonchev–Trinajstić information content (AvgIpc) is 2.97. The number of halogens is 1. The summed E-state index contributed by atoms with van der Waals surface area (Å²) in [5.74, 6) is 0.600. The molecule has 21 heavy (non-hydrogen) atoms. The first-order valence-electron chi connectivity index (χ1n) is 6.20. The maximum absolute atomic E-state index is 9.38. The summed E-state index contributed by atoms with van der Waals surface area (Å²) in [4.78, 5) is 4.28. The van der Waals surface area contributed by atoms with Crippen LogP contribution in [0.5, 0.6) is 0 Å². The Morgan fingerprint density at radius 2 is 1.86 bits per heavy atom. The van der Waals surface area contributed by atoms with Crippen LogP contribution in [0.3, 0.4) is 0 Å². The van der Waals surface area contributed by atoms with Gasteiger partial charge in [0.15, 0.2) is 0 Å². The molecule has 1 heterocycles. The Kier molecular flexibility index (Phi) is 3.75. The molecule has 0 unspecified atom stereocenters. The molecule has 0 atom stereocenters. The molecule has 104 valence electrons. The molecule has 0 spiro atoms. The third-order valence-electron chi connectivity index (χ3n) is 2.98. The van der Waals surface area contributed by atoms with E-state index in [1.807, 2.05) is 0 Å². The van der Waals surface area contributed by atoms with Crippen molar-refractivity contribution in [3.05, 3.63) is 53.6 Å². The molecular formula is C14H10BClN2O3. The topological polar surface area (TPSA) is 79.4 Å². The summed E-state index contributed by atoms with van der Waals surface area (Å²) in [5, 5.41) is 23.2. The summed E-state index contributed by atoms with van der Waals surface area (Å²) in [7, 11) is -1.60. The predicted molar refractivity (Wildman–Crippen MR) is 80.0 cm³/mol. The van der Waals surface area contributed by atoms with E-state index in [1.54, 1.807) is 48.5 Å². The van der Waals surface area contributed by atoms with Crippen molar-refractivity contribution in [1.29, 1.82) is 0 Å². The average molecular weight is 301 g/mol. The van der Waals surface area contributed by atoms with Crippen molar-refractivity contribution in [3.63, 3.8) is 0 Å². The lowest BCUT2D eigenvalue weighted by Crippen LogP contribution is -2.31. The number of benzene rings is 2. The lowest BCUT2D eigenvalue weighted by molar-refractivity contribution is 0.425. The largest absolute Gasteiger partial charge is 0.489 e. The predicted octanol–water partition coefficient (Wildman–Crippen LogP) is 1.74. The molecule has 5 nitrogen and oxygen atoms in total. The first-order chi connectivity index (χ1) is 10.1. The minimum absolute atomic E-state index is 0.286. The Bertz CT molecular complexity index is 776. The van der Waals surface area contributed by atoms with Crippen molar-refractivity contribution in [1.82, 2.24) is 10.1 Å². The van der Waals surface area contributed by atoms with Gasteiger partial charge in [0.25, 0.3) is 5.89 Å². The van der Waals surface area contributed by atoms with Crippen LogP contribution >= 0.6 is 11.6 Å². The standard InChI is InChI=1S/C14H10BClN2O3/c16-10-5-3-4-9(8-10)14-17-13(18-21-14)11-6-1-2-7-12(11)15(19)20/h1-8,19-20H. The summed E-state index contributed by atoms with van der Waals surface area (Å²) in [6.45, 7) is 0. The van der Waals surface area contributed by atoms with Gasteiger partial charge in [0.2, 0.25) is 5.82 Å². The molecule has 0 saturated heterocycles. The number of hydrogen-bond acceptors (Lipinski definition) is 5. The van der Waals surface area contributed by atoms with E-state index in [0.717, 1.165) is 0 Å². The molecule has 1 aromatic heterocycles. The maximum atomic E-state index is 9.38. The van der Waals surface area contributed by atoms with Gasteiger partial charge < -0.3 is 14.6 Å². The van der Waals surface area contributed by atoms with Crippen LogP contribution in [0.25, 0.3) is 22.8 Å². The van der Waals surface area contributed by atoms with Gasteiger partial charge in [-0.25, -0.2) is 0 Å². The van der Waals surface area contributed by atoms with Gasteiger partial charge >= 0.3 is 7.12 Å². The van der Waals surface area contributed by atoms with Gasteiger partial charge in [0.1, 0.15) is 0 Å². The van der Waals surface area contributed by atoms with Crippen LogP contribution in [0.4, 0.5) is 0 Å². The zero-order valence-electron chi connectivity index (χ0n) is 10.8. The Morgan fingerprint density at radius 1 is 1.05 bits per heavy atom. The maximum Gasteiger partial charge on any atom is 0.489 e. The second-order valence-corrected chi connectivity index (χ2v) is 4.83. The molecule has 0 amide bonds. The third kappa shape index (κ3) is 2.83. The summed E-state index contributed by atoms with van der Waals surface area (Å²) in [6.07, 6.45) is 0. The van der Waals surface area contributed by atoms with Crippen LogP contribution in [0.2, 0.25) is 5.02 Å². The van der Waals surface area contributed by atoms with Crippen LogP contribution in [0.15, 0.2) is 53.1 Å². The highest BCUT2D eigenvalue weighted by Gasteiger charge is 2.20. The second kappa shape index (κ2) is 5.69. The van der Waals surface area contributed by atoms with Crippen LogP contribution in [-0.4, -0.2) is 27.3 Å². The van der Waals surface area contributed by atoms with Gasteiger partial charge in [0.05, 0.1) is 0 Å². The molecule has 2 aromatic carbocycles. The van der Waals surface area contributed by atoms with E-state index >= 15 is 0 Å². The Balaban J connectivity index is 2.03. The quantitative estimate of drug-likeness (QED) is 0.720. The van der Waals surface area contributed by atoms with Crippen LogP contribution in [0, 0.1) is 0 Å². The van der Waals surface area contributed by atoms with Gasteiger partial charge in [-0.05, 0) is 23.7 Å². The van der Waals surface area contributed by atoms with E-state index < -0.39 is 7.12 Å². The summed E-state index contributed by atoms with van der Waals surface area (Å²) < 4.78 is 5.21. The van der Waals surface area contributed by atoms with Crippen LogP contribution in [0.1, 0.15) is 0 Å². The van der Waals surface area contributed by atoms with E-state index in [0.29, 0.717) is 27.5 Å². The molecule has 3 aromatic rings. The highest BCUT2D eigenvalue weighted by Crippen LogP contribution is 2.23. The number of hydrogen-bond donors (Lipinski definition) is 2. The highest BCUT2D eigenvalue weighted by molar-refractivity contribution is 6.60. The van der Waals surface area contributed by atoms with Gasteiger partial charge in [-0.1, -0.05) is 47.1 Å². The molecule has 3 rings (SSSR count). The Labute approximate surface area is 126 Å². The first-order valence-corrected chi connectivity index (χ1v) is 6.58. The van der Waals surface area contributed by atoms with E-state index in [-0.39, 0.29) is 5.82 Å². The van der Waals surface area contributed by atoms with Crippen LogP contribution < -0.4 is 5.46 Å². The summed E-state index contributed by atoms with van der Waals surface area (Å²) in [6, 6.07) is 13.8. The molecule has 0 aliphatic rings. The van der Waals surface area contributed by atoms with Crippen molar-refractivity contribution in [2.24, 2.45) is 0 Å². The molecule has 0 radical (unpaired) electrons. The summed E-state index contributed by atoms with van der Waals surface area (Å²) >= 11 is 5.93. The van der Waals surface area contributed by atoms with E-state index in [2.05, 4.69) is 10.1 Å². The van der Waals surface area contributed by atoms with Gasteiger partial charge in [0, 0.05) is 16.1 Å². The Morgan fingerprint density at radius 3 is 2.62 bits per heavy atom. The van der Waals surface area contributed by atoms with Gasteiger partial charge in [-0.2, -0.15) is 4.98 Å². The zero-order valence-corrected chi connectivity index (χ0v) is 11.5. The first kappa shape index (κ1) is 13.8. The van der Waals surface area contributed by atoms with Crippen molar-refractivity contribution < 1.29 is 14.6 Å². The van der Waals surface area contributed by atoms with Gasteiger partial charge in [-0.3, -0.25) is 0 Å². The van der Waals surface area contributed by atoms with Crippen molar-refractivity contribution >= 4 is 24.2 Å². The molecular weight excluding hydrogens is 290 g/mol. The Hall–Kier alpha value is -2.15. The van der Waals surface area contributed by atoms with Crippen molar-refractivity contribution in [3.8, 4) is 22.8 Å². The third-order valence-corrected chi connectivity index (χ3v) is 3.21. The molecule has 0 fully saturated rings. The fourth-order valence-electron chi connectivity index (χ4n) is 2.00. The molecule has 2 N–H and O–H groups in total. The molecule has 0 bridgehead atoms. The smallest absolute Gasteiger partial charge is 0.423 e. The zero-order chi connectivity index (χ0) is 14.8. The number of aromatic nitrogens is 2. The monoisotopic (exact) mass is 300 g/mol. The van der Waals surface area contributed by atoms with E-state index in [4.69, 9.17) is 16.1 Å². The lowest BCUT2D eigenvalue weighted by Gasteiger charge is -2.03. The fraction of sp³-hybridized carbons (Fsp3) is 0. The lowest BCUT2D eigenvalue weighted by atomic mass is 9.77. The van der Waals surface area contributed by atoms with Crippen molar-refractivity contribution in [2.45, 2.75) is 0 Å². The number of nitrogens with zero attached hydrogens (tertiary/aromatic N) is 2. The highest BCUT2D eigenvalue weighted by atomic mass is 35.5. The SMILES string of the molecule is OB(O)c1ccccc1-c1noc(-c2cccc(Cl)c2)n1. The summed E-state index contributed by atoms with van der Waals surface area (Å²) in [5.41, 5.74) is 1.52. The molecule has 0 saturated carbocycles. The van der Waals surface area contributed by atoms with Gasteiger partial charge in [-0.15, -0.1) is 0 Å². The fourth-order valence-corrected chi connectivity index (χ4v) is 2.19. The molecule has 0 aliphatic heterocycles. The van der Waals surface area contributed by atoms with E-state index in [1.165, 1.54) is 0 Å². The molecule has 0 aliphatic carbocycles. The van der Waals surface area contributed by atoms with Crippen molar-refractivity contribution in [2.75, 3.05) is 0 Å². The minimum Gasteiger partial charge on any atom is -0.423 e. The molecule has 7 heteroatoms. The normalized spacial score (nSPS) is 10.6. The minimum atomic E-state index is -1.60.